The van der Waals surface area contributed by atoms with Crippen molar-refractivity contribution in [1.29, 1.82) is 5.26 Å². The van der Waals surface area contributed by atoms with Crippen LogP contribution in [0.1, 0.15) is 47.1 Å². The van der Waals surface area contributed by atoms with Crippen LogP contribution in [0.25, 0.3) is 11.8 Å². The number of methoxy groups -OCH3 is 1. The highest BCUT2D eigenvalue weighted by Crippen LogP contribution is 2.23. The molecule has 0 saturated heterocycles. The smallest absolute Gasteiger partial charge is 0.338 e. The van der Waals surface area contributed by atoms with Crippen LogP contribution in [-0.4, -0.2) is 43.3 Å². The lowest BCUT2D eigenvalue weighted by molar-refractivity contribution is -0.117. The summed E-state index contributed by atoms with van der Waals surface area (Å²) in [6.45, 7) is 7.04. The predicted molar refractivity (Wildman–Crippen MR) is 119 cm³/mol. The number of amides is 1. The molecule has 1 N–H and O–H groups in total. The van der Waals surface area contributed by atoms with Crippen molar-refractivity contribution in [3.05, 3.63) is 58.4 Å². The average Bonchev–Trinajstić information content (AvgIpc) is 3.05. The van der Waals surface area contributed by atoms with Crippen LogP contribution >= 0.6 is 0 Å². The van der Waals surface area contributed by atoms with Crippen molar-refractivity contribution in [3.8, 4) is 11.8 Å². The SMILES string of the molecule is CCCCOC(=O)c1ccc(-n2c(C)cc(/C=C(\C#N)C(=O)NCCOC)c2C)cc1. The molecule has 0 radical (unpaired) electrons. The Morgan fingerprint density at radius 3 is 2.52 bits per heavy atom. The standard InChI is InChI=1S/C24H29N3O4/c1-5-6-12-31-24(29)19-7-9-22(10-8-19)27-17(2)14-20(18(27)3)15-21(16-25)23(28)26-11-13-30-4/h7-10,14-15H,5-6,11-13H2,1-4H3,(H,26,28)/b21-15+. The van der Waals surface area contributed by atoms with E-state index in [2.05, 4.69) is 5.32 Å². The van der Waals surface area contributed by atoms with Gasteiger partial charge in [-0.3, -0.25) is 4.79 Å². The van der Waals surface area contributed by atoms with E-state index >= 15 is 0 Å². The van der Waals surface area contributed by atoms with E-state index in [0.717, 1.165) is 35.5 Å². The van der Waals surface area contributed by atoms with Gasteiger partial charge in [0.15, 0.2) is 0 Å². The Hall–Kier alpha value is -3.37. The molecule has 0 bridgehead atoms. The number of nitriles is 1. The summed E-state index contributed by atoms with van der Waals surface area (Å²) in [6, 6.07) is 11.1. The van der Waals surface area contributed by atoms with Crippen molar-refractivity contribution in [1.82, 2.24) is 9.88 Å². The van der Waals surface area contributed by atoms with E-state index in [1.807, 2.05) is 49.6 Å². The molecule has 1 aromatic carbocycles. The first kappa shape index (κ1) is 23.9. The molecule has 31 heavy (non-hydrogen) atoms. The van der Waals surface area contributed by atoms with Crippen molar-refractivity contribution >= 4 is 18.0 Å². The van der Waals surface area contributed by atoms with E-state index in [4.69, 9.17) is 9.47 Å². The zero-order valence-corrected chi connectivity index (χ0v) is 18.5. The Labute approximate surface area is 183 Å². The minimum Gasteiger partial charge on any atom is -0.462 e. The second-order valence-corrected chi connectivity index (χ2v) is 7.12. The average molecular weight is 424 g/mol. The number of hydrogen-bond donors (Lipinski definition) is 1. The van der Waals surface area contributed by atoms with Crippen molar-refractivity contribution < 1.29 is 19.1 Å². The third-order valence-electron chi connectivity index (χ3n) is 4.82. The fourth-order valence-corrected chi connectivity index (χ4v) is 3.14. The Bertz CT molecular complexity index is 981. The Balaban J connectivity index is 2.24. The van der Waals surface area contributed by atoms with Gasteiger partial charge in [-0.15, -0.1) is 0 Å². The number of carbonyl (C=O) groups excluding carboxylic acids is 2. The maximum Gasteiger partial charge on any atom is 0.338 e. The maximum atomic E-state index is 12.2. The van der Waals surface area contributed by atoms with Gasteiger partial charge in [-0.05, 0) is 62.2 Å². The monoisotopic (exact) mass is 423 g/mol. The van der Waals surface area contributed by atoms with Gasteiger partial charge in [0.2, 0.25) is 0 Å². The van der Waals surface area contributed by atoms with Gasteiger partial charge in [0.25, 0.3) is 5.91 Å². The minimum atomic E-state index is -0.435. The first-order chi connectivity index (χ1) is 14.9. The number of aromatic nitrogens is 1. The number of nitrogens with one attached hydrogen (secondary N) is 1. The van der Waals surface area contributed by atoms with Gasteiger partial charge in [-0.2, -0.15) is 5.26 Å². The van der Waals surface area contributed by atoms with Crippen molar-refractivity contribution in [2.45, 2.75) is 33.6 Å². The highest BCUT2D eigenvalue weighted by molar-refractivity contribution is 6.01. The van der Waals surface area contributed by atoms with E-state index in [0.29, 0.717) is 25.3 Å². The van der Waals surface area contributed by atoms with Crippen LogP contribution in [-0.2, 0) is 14.3 Å². The van der Waals surface area contributed by atoms with Gasteiger partial charge < -0.3 is 19.4 Å². The Kier molecular flexibility index (Phi) is 9.04. The number of esters is 1. The number of nitrogens with zero attached hydrogens (tertiary/aromatic N) is 2. The number of hydrogen-bond acceptors (Lipinski definition) is 5. The summed E-state index contributed by atoms with van der Waals surface area (Å²) in [5.41, 5.74) is 4.01. The molecule has 1 amide bonds. The van der Waals surface area contributed by atoms with Crippen LogP contribution in [0.2, 0.25) is 0 Å². The Morgan fingerprint density at radius 1 is 1.19 bits per heavy atom. The summed E-state index contributed by atoms with van der Waals surface area (Å²) < 4.78 is 12.2. The quantitative estimate of drug-likeness (QED) is 0.272. The molecule has 7 nitrogen and oxygen atoms in total. The largest absolute Gasteiger partial charge is 0.462 e. The predicted octanol–water partition coefficient (Wildman–Crippen LogP) is 3.72. The molecule has 0 aliphatic heterocycles. The van der Waals surface area contributed by atoms with Crippen LogP contribution in [0.5, 0.6) is 0 Å². The second-order valence-electron chi connectivity index (χ2n) is 7.12. The van der Waals surface area contributed by atoms with Gasteiger partial charge in [0.05, 0.1) is 18.8 Å². The van der Waals surface area contributed by atoms with Gasteiger partial charge >= 0.3 is 5.97 Å². The van der Waals surface area contributed by atoms with E-state index in [9.17, 15) is 14.9 Å². The first-order valence-corrected chi connectivity index (χ1v) is 10.3. The molecule has 0 atom stereocenters. The van der Waals surface area contributed by atoms with E-state index in [1.54, 1.807) is 25.3 Å². The molecule has 0 aliphatic rings. The minimum absolute atomic E-state index is 0.0292. The number of benzene rings is 1. The number of aryl methyl sites for hydroxylation is 1. The van der Waals surface area contributed by atoms with Gasteiger partial charge in [-0.1, -0.05) is 13.3 Å². The molecule has 2 aromatic rings. The number of ether oxygens (including phenoxy) is 2. The summed E-state index contributed by atoms with van der Waals surface area (Å²) in [4.78, 5) is 24.3. The molecule has 0 aliphatic carbocycles. The van der Waals surface area contributed by atoms with E-state index in [-0.39, 0.29) is 11.5 Å². The van der Waals surface area contributed by atoms with Crippen LogP contribution in [0, 0.1) is 25.2 Å². The van der Waals surface area contributed by atoms with Crippen molar-refractivity contribution in [2.24, 2.45) is 0 Å². The summed E-state index contributed by atoms with van der Waals surface area (Å²) in [5, 5.41) is 12.1. The summed E-state index contributed by atoms with van der Waals surface area (Å²) in [6.07, 6.45) is 3.40. The third kappa shape index (κ3) is 6.30. The topological polar surface area (TPSA) is 93.4 Å². The lowest BCUT2D eigenvalue weighted by Crippen LogP contribution is -2.27. The number of carbonyl (C=O) groups is 2. The molecule has 1 heterocycles. The van der Waals surface area contributed by atoms with Crippen molar-refractivity contribution in [3.63, 3.8) is 0 Å². The van der Waals surface area contributed by atoms with Crippen LogP contribution in [0.4, 0.5) is 0 Å². The van der Waals surface area contributed by atoms with E-state index < -0.39 is 5.91 Å². The highest BCUT2D eigenvalue weighted by Gasteiger charge is 2.14. The lowest BCUT2D eigenvalue weighted by Gasteiger charge is -2.11. The molecule has 0 unspecified atom stereocenters. The van der Waals surface area contributed by atoms with Crippen LogP contribution in [0.3, 0.4) is 0 Å². The lowest BCUT2D eigenvalue weighted by atomic mass is 10.1. The molecule has 7 heteroatoms. The molecular weight excluding hydrogens is 394 g/mol. The summed E-state index contributed by atoms with van der Waals surface area (Å²) in [5.74, 6) is -0.766. The van der Waals surface area contributed by atoms with Crippen molar-refractivity contribution in [2.75, 3.05) is 26.9 Å². The maximum absolute atomic E-state index is 12.2. The molecule has 164 valence electrons. The molecular formula is C24H29N3O4. The Morgan fingerprint density at radius 2 is 1.90 bits per heavy atom. The summed E-state index contributed by atoms with van der Waals surface area (Å²) >= 11 is 0. The fraction of sp³-hybridized carbons (Fsp3) is 0.375. The first-order valence-electron chi connectivity index (χ1n) is 10.3. The van der Waals surface area contributed by atoms with Gasteiger partial charge in [0, 0.05) is 30.7 Å². The van der Waals surface area contributed by atoms with E-state index in [1.165, 1.54) is 0 Å². The third-order valence-corrected chi connectivity index (χ3v) is 4.82. The molecule has 1 aromatic heterocycles. The normalized spacial score (nSPS) is 11.1. The second kappa shape index (κ2) is 11.7. The fourth-order valence-electron chi connectivity index (χ4n) is 3.14. The molecule has 0 spiro atoms. The molecule has 2 rings (SSSR count). The van der Waals surface area contributed by atoms with Gasteiger partial charge in [0.1, 0.15) is 11.6 Å². The molecule has 0 saturated carbocycles. The zero-order chi connectivity index (χ0) is 22.8. The summed E-state index contributed by atoms with van der Waals surface area (Å²) in [7, 11) is 1.55. The number of unbranched alkanes of at least 4 members (excludes halogenated alkanes) is 1. The van der Waals surface area contributed by atoms with Gasteiger partial charge in [-0.25, -0.2) is 4.79 Å². The number of rotatable bonds is 10. The molecule has 0 fully saturated rings. The highest BCUT2D eigenvalue weighted by atomic mass is 16.5. The van der Waals surface area contributed by atoms with Crippen LogP contribution < -0.4 is 5.32 Å². The van der Waals surface area contributed by atoms with Crippen LogP contribution in [0.15, 0.2) is 35.9 Å². The zero-order valence-electron chi connectivity index (χ0n) is 18.5.